The first-order valence-electron chi connectivity index (χ1n) is 9.56. The second-order valence-corrected chi connectivity index (χ2v) is 7.20. The summed E-state index contributed by atoms with van der Waals surface area (Å²) in [6.45, 7) is 3.18. The third-order valence-corrected chi connectivity index (χ3v) is 5.69. The molecule has 0 spiro atoms. The molecule has 0 bridgehead atoms. The molecule has 3 aromatic rings. The highest BCUT2D eigenvalue weighted by Crippen LogP contribution is 2.33. The van der Waals surface area contributed by atoms with Crippen molar-refractivity contribution in [3.05, 3.63) is 71.4 Å². The molecule has 5 rings (SSSR count). The summed E-state index contributed by atoms with van der Waals surface area (Å²) in [5.41, 5.74) is 6.38. The Labute approximate surface area is 158 Å². The molecule has 0 atom stereocenters. The molecule has 0 radical (unpaired) electrons. The number of piperazine rings is 1. The van der Waals surface area contributed by atoms with E-state index < -0.39 is 0 Å². The highest BCUT2D eigenvalue weighted by molar-refractivity contribution is 5.96. The van der Waals surface area contributed by atoms with Crippen molar-refractivity contribution in [3.8, 4) is 11.3 Å². The molecule has 0 saturated carbocycles. The van der Waals surface area contributed by atoms with E-state index in [4.69, 9.17) is 0 Å². The van der Waals surface area contributed by atoms with Gasteiger partial charge in [0.25, 0.3) is 5.91 Å². The van der Waals surface area contributed by atoms with Crippen LogP contribution in [0.15, 0.2) is 54.6 Å². The van der Waals surface area contributed by atoms with E-state index in [0.717, 1.165) is 55.8 Å². The van der Waals surface area contributed by atoms with Crippen molar-refractivity contribution in [1.82, 2.24) is 15.1 Å². The van der Waals surface area contributed by atoms with Crippen LogP contribution in [0, 0.1) is 0 Å². The number of amides is 1. The van der Waals surface area contributed by atoms with E-state index in [1.807, 2.05) is 17.0 Å². The summed E-state index contributed by atoms with van der Waals surface area (Å²) >= 11 is 0. The fourth-order valence-electron chi connectivity index (χ4n) is 4.20. The number of aromatic nitrogens is 2. The Bertz CT molecular complexity index is 971. The molecular weight excluding hydrogens is 336 g/mol. The van der Waals surface area contributed by atoms with Crippen LogP contribution in [0.1, 0.15) is 21.6 Å². The highest BCUT2D eigenvalue weighted by Gasteiger charge is 2.29. The number of nitrogens with one attached hydrogen (secondary N) is 1. The third kappa shape index (κ3) is 2.79. The Kier molecular flexibility index (Phi) is 3.93. The zero-order valence-corrected chi connectivity index (χ0v) is 15.2. The van der Waals surface area contributed by atoms with Gasteiger partial charge in [0.15, 0.2) is 0 Å². The van der Waals surface area contributed by atoms with Gasteiger partial charge in [-0.1, -0.05) is 42.5 Å². The Morgan fingerprint density at radius 1 is 0.889 bits per heavy atom. The summed E-state index contributed by atoms with van der Waals surface area (Å²) in [5, 5.41) is 7.54. The van der Waals surface area contributed by atoms with Gasteiger partial charge in [-0.2, -0.15) is 5.10 Å². The van der Waals surface area contributed by atoms with Crippen molar-refractivity contribution >= 4 is 11.6 Å². The number of hydrogen-bond donors (Lipinski definition) is 1. The van der Waals surface area contributed by atoms with Crippen LogP contribution in [0.2, 0.25) is 0 Å². The molecule has 0 unspecified atom stereocenters. The Hall–Kier alpha value is -3.08. The number of aromatic amines is 1. The molecule has 1 amide bonds. The first-order valence-corrected chi connectivity index (χ1v) is 9.56. The fourth-order valence-corrected chi connectivity index (χ4v) is 4.20. The minimum absolute atomic E-state index is 0.0795. The smallest absolute Gasteiger partial charge is 0.272 e. The van der Waals surface area contributed by atoms with Gasteiger partial charge in [0.2, 0.25) is 0 Å². The van der Waals surface area contributed by atoms with Crippen LogP contribution in [0.5, 0.6) is 0 Å². The summed E-state index contributed by atoms with van der Waals surface area (Å²) in [7, 11) is 0. The Morgan fingerprint density at radius 2 is 1.63 bits per heavy atom. The second kappa shape index (κ2) is 6.58. The molecule has 136 valence electrons. The Balaban J connectivity index is 1.34. The number of H-pyrrole nitrogens is 1. The van der Waals surface area contributed by atoms with Crippen molar-refractivity contribution in [2.45, 2.75) is 12.8 Å². The van der Waals surface area contributed by atoms with Crippen LogP contribution in [0.4, 0.5) is 5.69 Å². The number of aryl methyl sites for hydroxylation is 1. The zero-order valence-electron chi connectivity index (χ0n) is 15.2. The average Bonchev–Trinajstić information content (AvgIpc) is 3.19. The number of benzene rings is 2. The number of carbonyl (C=O) groups is 1. The van der Waals surface area contributed by atoms with Crippen LogP contribution in [-0.2, 0) is 12.8 Å². The number of nitrogens with zero attached hydrogens (tertiary/aromatic N) is 3. The van der Waals surface area contributed by atoms with Gasteiger partial charge in [0.05, 0.1) is 5.69 Å². The van der Waals surface area contributed by atoms with Gasteiger partial charge in [-0.25, -0.2) is 0 Å². The van der Waals surface area contributed by atoms with Gasteiger partial charge in [-0.05, 0) is 30.5 Å². The van der Waals surface area contributed by atoms with Crippen LogP contribution in [0.25, 0.3) is 11.3 Å². The molecule has 2 heterocycles. The van der Waals surface area contributed by atoms with Crippen LogP contribution < -0.4 is 4.90 Å². The molecule has 1 aliphatic heterocycles. The molecule has 5 heteroatoms. The van der Waals surface area contributed by atoms with Crippen LogP contribution >= 0.6 is 0 Å². The van der Waals surface area contributed by atoms with E-state index in [-0.39, 0.29) is 5.91 Å². The first-order chi connectivity index (χ1) is 13.3. The van der Waals surface area contributed by atoms with E-state index in [1.165, 1.54) is 11.3 Å². The second-order valence-electron chi connectivity index (χ2n) is 7.20. The monoisotopic (exact) mass is 358 g/mol. The minimum Gasteiger partial charge on any atom is -0.368 e. The van der Waals surface area contributed by atoms with Crippen LogP contribution in [0.3, 0.4) is 0 Å². The van der Waals surface area contributed by atoms with E-state index in [0.29, 0.717) is 5.69 Å². The number of hydrogen-bond acceptors (Lipinski definition) is 3. The normalized spacial score (nSPS) is 16.0. The maximum atomic E-state index is 13.1. The predicted molar refractivity (Wildman–Crippen MR) is 106 cm³/mol. The van der Waals surface area contributed by atoms with E-state index in [9.17, 15) is 4.79 Å². The van der Waals surface area contributed by atoms with Gasteiger partial charge in [0.1, 0.15) is 5.69 Å². The van der Waals surface area contributed by atoms with Crippen molar-refractivity contribution in [2.24, 2.45) is 0 Å². The maximum absolute atomic E-state index is 13.1. The van der Waals surface area contributed by atoms with Gasteiger partial charge in [-0.15, -0.1) is 0 Å². The molecule has 1 aromatic heterocycles. The SMILES string of the molecule is O=C(c1[nH]nc2c1CCc1ccccc1-2)N1CCN(c2ccccc2)CC1. The third-order valence-electron chi connectivity index (χ3n) is 5.69. The molecule has 5 nitrogen and oxygen atoms in total. The molecule has 1 saturated heterocycles. The summed E-state index contributed by atoms with van der Waals surface area (Å²) in [4.78, 5) is 17.4. The van der Waals surface area contributed by atoms with Gasteiger partial charge in [-0.3, -0.25) is 9.89 Å². The summed E-state index contributed by atoms with van der Waals surface area (Å²) in [6.07, 6.45) is 1.83. The predicted octanol–water partition coefficient (Wildman–Crippen LogP) is 3.14. The number of anilines is 1. The summed E-state index contributed by atoms with van der Waals surface area (Å²) in [5.74, 6) is 0.0795. The van der Waals surface area contributed by atoms with Crippen molar-refractivity contribution in [3.63, 3.8) is 0 Å². The molecule has 2 aliphatic rings. The number of para-hydroxylation sites is 1. The zero-order chi connectivity index (χ0) is 18.2. The lowest BCUT2D eigenvalue weighted by Gasteiger charge is -2.36. The summed E-state index contributed by atoms with van der Waals surface area (Å²) in [6, 6.07) is 18.7. The minimum atomic E-state index is 0.0795. The fraction of sp³-hybridized carbons (Fsp3) is 0.273. The lowest BCUT2D eigenvalue weighted by Crippen LogP contribution is -2.49. The van der Waals surface area contributed by atoms with E-state index >= 15 is 0 Å². The van der Waals surface area contributed by atoms with Crippen LogP contribution in [-0.4, -0.2) is 47.2 Å². The highest BCUT2D eigenvalue weighted by atomic mass is 16.2. The molecule has 2 aromatic carbocycles. The van der Waals surface area contributed by atoms with Crippen molar-refractivity contribution in [2.75, 3.05) is 31.1 Å². The molecule has 1 fully saturated rings. The molecule has 27 heavy (non-hydrogen) atoms. The first kappa shape index (κ1) is 16.1. The lowest BCUT2D eigenvalue weighted by atomic mass is 9.89. The lowest BCUT2D eigenvalue weighted by molar-refractivity contribution is 0.0739. The van der Waals surface area contributed by atoms with Crippen molar-refractivity contribution in [1.29, 1.82) is 0 Å². The number of rotatable bonds is 2. The molecular formula is C22H22N4O. The summed E-state index contributed by atoms with van der Waals surface area (Å²) < 4.78 is 0. The maximum Gasteiger partial charge on any atom is 0.272 e. The average molecular weight is 358 g/mol. The van der Waals surface area contributed by atoms with Gasteiger partial charge < -0.3 is 9.80 Å². The molecule has 1 aliphatic carbocycles. The van der Waals surface area contributed by atoms with Gasteiger partial charge >= 0.3 is 0 Å². The number of fused-ring (bicyclic) bond motifs is 3. The Morgan fingerprint density at radius 3 is 2.44 bits per heavy atom. The van der Waals surface area contributed by atoms with E-state index in [1.54, 1.807) is 0 Å². The topological polar surface area (TPSA) is 52.2 Å². The standard InChI is InChI=1S/C22H22N4O/c27-22(26-14-12-25(13-15-26)17-7-2-1-3-8-17)21-19-11-10-16-6-4-5-9-18(16)20(19)23-24-21/h1-9H,10-15H2,(H,23,24). The quantitative estimate of drug-likeness (QED) is 0.766. The molecule has 1 N–H and O–H groups in total. The van der Waals surface area contributed by atoms with E-state index in [2.05, 4.69) is 57.6 Å². The number of carbonyl (C=O) groups excluding carboxylic acids is 1. The largest absolute Gasteiger partial charge is 0.368 e. The van der Waals surface area contributed by atoms with Gasteiger partial charge in [0, 0.05) is 43.0 Å². The van der Waals surface area contributed by atoms with Crippen molar-refractivity contribution < 1.29 is 4.79 Å².